The molecule has 0 aliphatic carbocycles. The van der Waals surface area contributed by atoms with E-state index in [-0.39, 0.29) is 16.8 Å². The van der Waals surface area contributed by atoms with Crippen molar-refractivity contribution in [1.82, 2.24) is 9.62 Å². The van der Waals surface area contributed by atoms with Crippen molar-refractivity contribution in [2.75, 3.05) is 13.1 Å². The molecule has 1 amide bonds. The second-order valence-electron chi connectivity index (χ2n) is 6.38. The van der Waals surface area contributed by atoms with Gasteiger partial charge in [0.15, 0.2) is 0 Å². The molecule has 2 aromatic rings. The van der Waals surface area contributed by atoms with Crippen molar-refractivity contribution in [2.24, 2.45) is 0 Å². The van der Waals surface area contributed by atoms with E-state index < -0.39 is 10.0 Å². The van der Waals surface area contributed by atoms with Gasteiger partial charge in [0.05, 0.1) is 4.90 Å². The summed E-state index contributed by atoms with van der Waals surface area (Å²) in [5.74, 6) is -0.0294. The van der Waals surface area contributed by atoms with Crippen LogP contribution in [0, 0.1) is 6.92 Å². The van der Waals surface area contributed by atoms with Crippen molar-refractivity contribution in [1.29, 1.82) is 0 Å². The van der Waals surface area contributed by atoms with E-state index >= 15 is 0 Å². The van der Waals surface area contributed by atoms with E-state index in [0.717, 1.165) is 10.4 Å². The molecule has 1 aromatic heterocycles. The highest BCUT2D eigenvalue weighted by Gasteiger charge is 2.25. The number of aryl methyl sites for hydroxylation is 1. The van der Waals surface area contributed by atoms with Crippen LogP contribution in [0.1, 0.15) is 23.3 Å². The highest BCUT2D eigenvalue weighted by atomic mass is 32.2. The number of hydrogen-bond acceptors (Lipinski definition) is 4. The first-order valence-corrected chi connectivity index (χ1v) is 10.9. The SMILES string of the molecule is Cc1ccc(S(=O)(=O)NC2CCN(C(=O)/C=C/c3cccs3)CC2)cc1. The smallest absolute Gasteiger partial charge is 0.246 e. The number of nitrogens with zero attached hydrogens (tertiary/aromatic N) is 1. The normalized spacial score (nSPS) is 16.3. The maximum absolute atomic E-state index is 12.5. The largest absolute Gasteiger partial charge is 0.339 e. The number of sulfonamides is 1. The molecule has 5 nitrogen and oxygen atoms in total. The van der Waals surface area contributed by atoms with Crippen molar-refractivity contribution in [2.45, 2.75) is 30.7 Å². The molecule has 0 bridgehead atoms. The number of benzene rings is 1. The molecule has 0 radical (unpaired) electrons. The molecule has 0 unspecified atom stereocenters. The standard InChI is InChI=1S/C19H22N2O3S2/c1-15-4-7-18(8-5-15)26(23,24)20-16-10-12-21(13-11-16)19(22)9-6-17-3-2-14-25-17/h2-9,14,16,20H,10-13H2,1H3/b9-6+. The molecule has 1 fully saturated rings. The summed E-state index contributed by atoms with van der Waals surface area (Å²) in [5.41, 5.74) is 1.02. The van der Waals surface area contributed by atoms with Crippen molar-refractivity contribution in [3.8, 4) is 0 Å². The monoisotopic (exact) mass is 390 g/mol. The van der Waals surface area contributed by atoms with Gasteiger partial charge in [-0.05, 0) is 49.4 Å². The lowest BCUT2D eigenvalue weighted by Crippen LogP contribution is -2.46. The van der Waals surface area contributed by atoms with Crippen LogP contribution in [0.5, 0.6) is 0 Å². The average Bonchev–Trinajstić information content (AvgIpc) is 3.14. The summed E-state index contributed by atoms with van der Waals surface area (Å²) in [6, 6.07) is 10.6. The lowest BCUT2D eigenvalue weighted by Gasteiger charge is -2.31. The fraction of sp³-hybridized carbons (Fsp3) is 0.316. The first kappa shape index (κ1) is 18.8. The Kier molecular flexibility index (Phi) is 5.90. The predicted molar refractivity (Wildman–Crippen MR) is 104 cm³/mol. The summed E-state index contributed by atoms with van der Waals surface area (Å²) in [4.78, 5) is 15.3. The van der Waals surface area contributed by atoms with Crippen LogP contribution in [0.15, 0.2) is 52.7 Å². The minimum atomic E-state index is -3.52. The number of piperidine rings is 1. The lowest BCUT2D eigenvalue weighted by atomic mass is 10.1. The van der Waals surface area contributed by atoms with Gasteiger partial charge >= 0.3 is 0 Å². The summed E-state index contributed by atoms with van der Waals surface area (Å²) in [7, 11) is -3.52. The Labute approximate surface area is 158 Å². The summed E-state index contributed by atoms with van der Waals surface area (Å²) < 4.78 is 27.7. The average molecular weight is 391 g/mol. The summed E-state index contributed by atoms with van der Waals surface area (Å²) in [5, 5.41) is 1.97. The quantitative estimate of drug-likeness (QED) is 0.798. The van der Waals surface area contributed by atoms with Gasteiger partial charge in [-0.25, -0.2) is 13.1 Å². The van der Waals surface area contributed by atoms with E-state index in [2.05, 4.69) is 4.72 Å². The molecule has 1 aromatic carbocycles. The summed E-state index contributed by atoms with van der Waals surface area (Å²) in [6.07, 6.45) is 4.63. The van der Waals surface area contributed by atoms with Gasteiger partial charge in [-0.15, -0.1) is 11.3 Å². The zero-order valence-corrected chi connectivity index (χ0v) is 16.2. The molecule has 1 aliphatic heterocycles. The van der Waals surface area contributed by atoms with Crippen LogP contribution in [0.3, 0.4) is 0 Å². The number of amides is 1. The third kappa shape index (κ3) is 4.81. The Morgan fingerprint density at radius 2 is 1.88 bits per heavy atom. The van der Waals surface area contributed by atoms with Gasteiger partial charge in [0.2, 0.25) is 15.9 Å². The van der Waals surface area contributed by atoms with Gasteiger partial charge in [-0.2, -0.15) is 0 Å². The van der Waals surface area contributed by atoms with Gasteiger partial charge in [0.25, 0.3) is 0 Å². The van der Waals surface area contributed by atoms with E-state index in [9.17, 15) is 13.2 Å². The van der Waals surface area contributed by atoms with Gasteiger partial charge < -0.3 is 4.90 Å². The molecule has 0 spiro atoms. The van der Waals surface area contributed by atoms with Crippen LogP contribution < -0.4 is 4.72 Å². The number of rotatable bonds is 5. The van der Waals surface area contributed by atoms with Gasteiger partial charge in [0, 0.05) is 30.1 Å². The summed E-state index contributed by atoms with van der Waals surface area (Å²) in [6.45, 7) is 3.02. The first-order chi connectivity index (χ1) is 12.4. The molecule has 3 rings (SSSR count). The van der Waals surface area contributed by atoms with Gasteiger partial charge in [0.1, 0.15) is 0 Å². The molecule has 138 valence electrons. The minimum absolute atomic E-state index is 0.0294. The second-order valence-corrected chi connectivity index (χ2v) is 9.08. The molecule has 2 heterocycles. The van der Waals surface area contributed by atoms with E-state index in [1.54, 1.807) is 46.6 Å². The Bertz CT molecular complexity index is 864. The zero-order chi connectivity index (χ0) is 18.6. The molecule has 26 heavy (non-hydrogen) atoms. The number of likely N-dealkylation sites (tertiary alicyclic amines) is 1. The third-order valence-electron chi connectivity index (χ3n) is 4.39. The van der Waals surface area contributed by atoms with Crippen LogP contribution in [0.25, 0.3) is 6.08 Å². The van der Waals surface area contributed by atoms with Crippen LogP contribution in [-0.2, 0) is 14.8 Å². The number of carbonyl (C=O) groups excluding carboxylic acids is 1. The first-order valence-electron chi connectivity index (χ1n) is 8.53. The Morgan fingerprint density at radius 1 is 1.19 bits per heavy atom. The molecule has 1 aliphatic rings. The lowest BCUT2D eigenvalue weighted by molar-refractivity contribution is -0.126. The number of thiophene rings is 1. The molecule has 7 heteroatoms. The van der Waals surface area contributed by atoms with Crippen molar-refractivity contribution in [3.63, 3.8) is 0 Å². The van der Waals surface area contributed by atoms with Crippen molar-refractivity contribution >= 4 is 33.3 Å². The maximum Gasteiger partial charge on any atom is 0.246 e. The van der Waals surface area contributed by atoms with Crippen LogP contribution in [0.2, 0.25) is 0 Å². The van der Waals surface area contributed by atoms with Crippen LogP contribution in [-0.4, -0.2) is 38.4 Å². The number of carbonyl (C=O) groups is 1. The minimum Gasteiger partial charge on any atom is -0.339 e. The molecule has 1 N–H and O–H groups in total. The van der Waals surface area contributed by atoms with E-state index in [1.165, 1.54) is 0 Å². The van der Waals surface area contributed by atoms with E-state index in [1.807, 2.05) is 30.5 Å². The van der Waals surface area contributed by atoms with Crippen LogP contribution in [0.4, 0.5) is 0 Å². The number of hydrogen-bond donors (Lipinski definition) is 1. The molecular weight excluding hydrogens is 368 g/mol. The van der Waals surface area contributed by atoms with Crippen molar-refractivity contribution in [3.05, 3.63) is 58.3 Å². The van der Waals surface area contributed by atoms with Crippen molar-refractivity contribution < 1.29 is 13.2 Å². The highest BCUT2D eigenvalue weighted by Crippen LogP contribution is 2.17. The van der Waals surface area contributed by atoms with Gasteiger partial charge in [-0.3, -0.25) is 4.79 Å². The topological polar surface area (TPSA) is 66.5 Å². The second kappa shape index (κ2) is 8.16. The maximum atomic E-state index is 12.5. The van der Waals surface area contributed by atoms with E-state index in [4.69, 9.17) is 0 Å². The molecule has 0 saturated carbocycles. The van der Waals surface area contributed by atoms with Gasteiger partial charge in [-0.1, -0.05) is 23.8 Å². The summed E-state index contributed by atoms with van der Waals surface area (Å²) >= 11 is 1.58. The molecule has 0 atom stereocenters. The predicted octanol–water partition coefficient (Wildman–Crippen LogP) is 3.04. The Hall–Kier alpha value is -1.96. The molecule has 1 saturated heterocycles. The third-order valence-corrected chi connectivity index (χ3v) is 6.77. The molecular formula is C19H22N2O3S2. The van der Waals surface area contributed by atoms with Crippen LogP contribution >= 0.6 is 11.3 Å². The fourth-order valence-electron chi connectivity index (χ4n) is 2.87. The highest BCUT2D eigenvalue weighted by molar-refractivity contribution is 7.89. The number of nitrogens with one attached hydrogen (secondary N) is 1. The Balaban J connectivity index is 1.53. The van der Waals surface area contributed by atoms with E-state index in [0.29, 0.717) is 25.9 Å². The Morgan fingerprint density at radius 3 is 2.50 bits per heavy atom. The zero-order valence-electron chi connectivity index (χ0n) is 14.6. The fourth-order valence-corrected chi connectivity index (χ4v) is 4.79.